The van der Waals surface area contributed by atoms with Crippen LogP contribution in [0.3, 0.4) is 0 Å². The molecule has 29 heavy (non-hydrogen) atoms. The average molecular weight is 549 g/mol. The SMILES string of the molecule is CC(C)[N](C(C)C)[Zr]([C]1=[C]([GeH2][F])C=CC1)([N](C(C)C)C(C)C)[N](C(C)C)C(C)C. The first kappa shape index (κ1) is 27.7. The van der Waals surface area contributed by atoms with Crippen LogP contribution >= 0.6 is 0 Å². The van der Waals surface area contributed by atoms with Gasteiger partial charge in [-0.2, -0.15) is 0 Å². The molecule has 0 saturated heterocycles. The summed E-state index contributed by atoms with van der Waals surface area (Å²) < 4.78 is 25.8. The van der Waals surface area contributed by atoms with Crippen LogP contribution in [-0.2, 0) is 21.1 Å². The van der Waals surface area contributed by atoms with Gasteiger partial charge >= 0.3 is 195 Å². The van der Waals surface area contributed by atoms with Crippen molar-refractivity contribution in [3.63, 3.8) is 0 Å². The molecular formula is C23H48FGeN3Zr. The first-order valence-corrected chi connectivity index (χ1v) is 18.8. The van der Waals surface area contributed by atoms with E-state index in [1.807, 2.05) is 0 Å². The third kappa shape index (κ3) is 5.56. The molecule has 1 aliphatic rings. The molecule has 1 rings (SSSR count). The summed E-state index contributed by atoms with van der Waals surface area (Å²) in [5, 5.41) is 0. The van der Waals surface area contributed by atoms with Crippen LogP contribution in [-0.4, -0.2) is 60.7 Å². The van der Waals surface area contributed by atoms with E-state index >= 15 is 0 Å². The van der Waals surface area contributed by atoms with Crippen LogP contribution in [0.15, 0.2) is 19.8 Å². The standard InChI is InChI=1S/3C6H14N.C5H6FGe.Zr/c3*1-5(2)7-6(3)4;6-7-5-3-1-2-4-5;/h3*5-6H,1-4H3;1,3H,2,7H2;/q3*-1;;+3. The molecule has 0 amide bonds. The van der Waals surface area contributed by atoms with Crippen molar-refractivity contribution in [3.8, 4) is 0 Å². The molecule has 0 unspecified atom stereocenters. The van der Waals surface area contributed by atoms with Crippen LogP contribution in [0.5, 0.6) is 0 Å². The first-order chi connectivity index (χ1) is 13.3. The van der Waals surface area contributed by atoms with Crippen molar-refractivity contribution >= 4 is 15.9 Å². The van der Waals surface area contributed by atoms with E-state index in [2.05, 4.69) is 104 Å². The minimum atomic E-state index is -3.69. The van der Waals surface area contributed by atoms with Gasteiger partial charge in [-0.15, -0.1) is 0 Å². The monoisotopic (exact) mass is 549 g/mol. The van der Waals surface area contributed by atoms with E-state index in [4.69, 9.17) is 0 Å². The number of hydrogen-bond donors (Lipinski definition) is 0. The van der Waals surface area contributed by atoms with Gasteiger partial charge < -0.3 is 0 Å². The molecule has 0 radical (unpaired) electrons. The van der Waals surface area contributed by atoms with Gasteiger partial charge in [0.1, 0.15) is 0 Å². The minimum absolute atomic E-state index is 0.423. The Morgan fingerprint density at radius 3 is 1.24 bits per heavy atom. The Morgan fingerprint density at radius 1 is 0.690 bits per heavy atom. The number of nitrogens with zero attached hydrogens (tertiary/aromatic N) is 3. The number of hydrogen-bond acceptors (Lipinski definition) is 3. The zero-order valence-corrected chi connectivity index (χ0v) is 26.7. The van der Waals surface area contributed by atoms with Gasteiger partial charge in [0.2, 0.25) is 0 Å². The molecule has 0 aliphatic heterocycles. The quantitative estimate of drug-likeness (QED) is 0.317. The molecule has 0 aromatic rings. The van der Waals surface area contributed by atoms with Gasteiger partial charge in [0.05, 0.1) is 0 Å². The van der Waals surface area contributed by atoms with Crippen molar-refractivity contribution in [3.05, 3.63) is 19.8 Å². The molecule has 0 spiro atoms. The van der Waals surface area contributed by atoms with E-state index in [0.29, 0.717) is 36.3 Å². The summed E-state index contributed by atoms with van der Waals surface area (Å²) in [7, 11) is 0. The fourth-order valence-electron chi connectivity index (χ4n) is 5.84. The van der Waals surface area contributed by atoms with Gasteiger partial charge in [-0.1, -0.05) is 0 Å². The van der Waals surface area contributed by atoms with Gasteiger partial charge in [-0.25, -0.2) is 0 Å². The number of rotatable bonds is 11. The maximum absolute atomic E-state index is 14.5. The second kappa shape index (κ2) is 11.5. The molecule has 3 nitrogen and oxygen atoms in total. The van der Waals surface area contributed by atoms with Gasteiger partial charge in [0.15, 0.2) is 0 Å². The van der Waals surface area contributed by atoms with Crippen LogP contribution in [0, 0.1) is 0 Å². The summed E-state index contributed by atoms with van der Waals surface area (Å²) in [6, 6.07) is 2.54. The summed E-state index contributed by atoms with van der Waals surface area (Å²) in [4.78, 5) is 0. The van der Waals surface area contributed by atoms with Crippen molar-refractivity contribution in [1.29, 1.82) is 0 Å². The van der Waals surface area contributed by atoms with Crippen molar-refractivity contribution in [2.24, 2.45) is 0 Å². The second-order valence-corrected chi connectivity index (χ2v) is 20.7. The zero-order valence-electron chi connectivity index (χ0n) is 21.3. The van der Waals surface area contributed by atoms with E-state index in [-0.39, 0.29) is 0 Å². The van der Waals surface area contributed by atoms with E-state index in [1.165, 1.54) is 3.28 Å². The van der Waals surface area contributed by atoms with Crippen LogP contribution in [0.25, 0.3) is 0 Å². The normalized spacial score (nSPS) is 16.6. The molecule has 0 bridgehead atoms. The van der Waals surface area contributed by atoms with Gasteiger partial charge in [0.25, 0.3) is 0 Å². The Bertz CT molecular complexity index is 510. The molecular weight excluding hydrogens is 501 g/mol. The van der Waals surface area contributed by atoms with Crippen molar-refractivity contribution in [2.75, 3.05) is 0 Å². The maximum atomic E-state index is 14.5. The van der Waals surface area contributed by atoms with Crippen molar-refractivity contribution in [1.82, 2.24) is 8.53 Å². The molecule has 0 aromatic heterocycles. The molecule has 6 heteroatoms. The van der Waals surface area contributed by atoms with Gasteiger partial charge in [0, 0.05) is 0 Å². The van der Waals surface area contributed by atoms with Crippen molar-refractivity contribution in [2.45, 2.75) is 126 Å². The van der Waals surface area contributed by atoms with E-state index in [0.717, 1.165) is 10.8 Å². The summed E-state index contributed by atoms with van der Waals surface area (Å²) in [6.45, 7) is 28.2. The molecule has 0 atom stereocenters. The molecule has 170 valence electrons. The van der Waals surface area contributed by atoms with Crippen molar-refractivity contribution < 1.29 is 24.6 Å². The van der Waals surface area contributed by atoms with Gasteiger partial charge in [-0.05, 0) is 0 Å². The molecule has 0 aromatic carbocycles. The zero-order chi connectivity index (χ0) is 22.7. The van der Waals surface area contributed by atoms with Gasteiger partial charge in [-0.3, -0.25) is 0 Å². The molecule has 1 aliphatic carbocycles. The van der Waals surface area contributed by atoms with E-state index in [1.54, 1.807) is 0 Å². The summed E-state index contributed by atoms with van der Waals surface area (Å²) in [5.41, 5.74) is 0. The van der Waals surface area contributed by atoms with Crippen LogP contribution in [0.1, 0.15) is 89.5 Å². The molecule has 0 N–H and O–H groups in total. The third-order valence-corrected chi connectivity index (χ3v) is 26.0. The predicted molar refractivity (Wildman–Crippen MR) is 127 cm³/mol. The fourth-order valence-corrected chi connectivity index (χ4v) is 27.9. The average Bonchev–Trinajstić information content (AvgIpc) is 3.01. The number of allylic oxidation sites excluding steroid dienone is 4. The van der Waals surface area contributed by atoms with Crippen LogP contribution in [0.2, 0.25) is 0 Å². The topological polar surface area (TPSA) is 9.72 Å². The predicted octanol–water partition coefficient (Wildman–Crippen LogP) is 5.47. The number of halogens is 1. The van der Waals surface area contributed by atoms with Crippen LogP contribution < -0.4 is 0 Å². The Hall–Kier alpha value is 0.716. The Kier molecular flexibility index (Phi) is 11.0. The van der Waals surface area contributed by atoms with E-state index in [9.17, 15) is 3.50 Å². The summed E-state index contributed by atoms with van der Waals surface area (Å²) in [5.74, 6) is 0. The fraction of sp³-hybridized carbons (Fsp3) is 0.826. The summed E-state index contributed by atoms with van der Waals surface area (Å²) >= 11 is -5.88. The third-order valence-electron chi connectivity index (χ3n) is 6.00. The Balaban J connectivity index is 4.16. The van der Waals surface area contributed by atoms with E-state index < -0.39 is 37.0 Å². The van der Waals surface area contributed by atoms with Crippen LogP contribution in [0.4, 0.5) is 3.50 Å². The molecule has 0 heterocycles. The second-order valence-electron chi connectivity index (χ2n) is 10.2. The molecule has 0 saturated carbocycles. The summed E-state index contributed by atoms with van der Waals surface area (Å²) in [6.07, 6.45) is 5.34. The Labute approximate surface area is 193 Å². The first-order valence-electron chi connectivity index (χ1n) is 11.7. The molecule has 0 fully saturated rings. The Morgan fingerprint density at radius 2 is 1.00 bits per heavy atom.